The van der Waals surface area contributed by atoms with Crippen LogP contribution in [0.25, 0.3) is 0 Å². The van der Waals surface area contributed by atoms with Crippen molar-refractivity contribution in [3.05, 3.63) is 10.9 Å². The van der Waals surface area contributed by atoms with Crippen LogP contribution in [0, 0.1) is 23.7 Å². The van der Waals surface area contributed by atoms with Gasteiger partial charge in [-0.1, -0.05) is 0 Å². The molecule has 3 fully saturated rings. The number of amidine groups is 1. The van der Waals surface area contributed by atoms with Crippen LogP contribution in [0.2, 0.25) is 0 Å². The highest BCUT2D eigenvalue weighted by molar-refractivity contribution is 7.91. The Kier molecular flexibility index (Phi) is 4.41. The first-order valence-electron chi connectivity index (χ1n) is 9.56. The average molecular weight is 473 g/mol. The smallest absolute Gasteiger partial charge is 0.287 e. The molecule has 5 atom stereocenters. The number of rotatable bonds is 4. The normalized spacial score (nSPS) is 34.0. The third kappa shape index (κ3) is 3.10. The number of Topliss-reactive ketones (excluding diaryl/α,β-unsaturated/α-hetero) is 1. The number of anilines is 1. The lowest BCUT2D eigenvalue weighted by Gasteiger charge is -2.38. The van der Waals surface area contributed by atoms with Gasteiger partial charge in [0.1, 0.15) is 15.7 Å². The summed E-state index contributed by atoms with van der Waals surface area (Å²) in [5.74, 6) is -2.01. The van der Waals surface area contributed by atoms with Crippen LogP contribution in [0.3, 0.4) is 0 Å². The highest BCUT2D eigenvalue weighted by Gasteiger charge is 2.57. The number of hydrogen-bond donors (Lipinski definition) is 3. The summed E-state index contributed by atoms with van der Waals surface area (Å²) >= 11 is 1.06. The van der Waals surface area contributed by atoms with Gasteiger partial charge >= 0.3 is 0 Å². The Morgan fingerprint density at radius 1 is 1.27 bits per heavy atom. The molecule has 2 saturated carbocycles. The molecule has 0 radical (unpaired) electrons. The van der Waals surface area contributed by atoms with Crippen molar-refractivity contribution in [2.24, 2.45) is 28.1 Å². The zero-order valence-corrected chi connectivity index (χ0v) is 18.4. The molecular formula is C17H20N4O6S3. The van der Waals surface area contributed by atoms with Gasteiger partial charge in [-0.05, 0) is 36.5 Å². The van der Waals surface area contributed by atoms with Crippen LogP contribution in [-0.4, -0.2) is 46.7 Å². The van der Waals surface area contributed by atoms with Gasteiger partial charge in [0.2, 0.25) is 15.9 Å². The number of nitrogens with one attached hydrogen (secondary N) is 3. The third-order valence-corrected chi connectivity index (χ3v) is 9.60. The minimum atomic E-state index is -4.21. The van der Waals surface area contributed by atoms with E-state index in [4.69, 9.17) is 0 Å². The summed E-state index contributed by atoms with van der Waals surface area (Å²) in [4.78, 5) is 25.8. The quantitative estimate of drug-likeness (QED) is 0.523. The van der Waals surface area contributed by atoms with Gasteiger partial charge in [0.05, 0.1) is 6.26 Å². The third-order valence-electron chi connectivity index (χ3n) is 6.43. The lowest BCUT2D eigenvalue weighted by Crippen LogP contribution is -2.60. The highest BCUT2D eigenvalue weighted by atomic mass is 32.2. The van der Waals surface area contributed by atoms with Crippen LogP contribution < -0.4 is 15.4 Å². The number of fused-ring (bicyclic) bond motifs is 6. The molecule has 4 aliphatic rings. The van der Waals surface area contributed by atoms with Gasteiger partial charge in [-0.15, -0.1) is 15.7 Å². The minimum Gasteiger partial charge on any atom is -0.351 e. The maximum Gasteiger partial charge on any atom is 0.287 e. The first-order valence-corrected chi connectivity index (χ1v) is 13.8. The fourth-order valence-electron chi connectivity index (χ4n) is 5.26. The SMILES string of the molecule is CS(=O)(=O)NCc1csc2c1S(=O)(=O)N=C(C1C(=O)NC3C4CCC(C4)C3C1=O)N2. The molecule has 1 aromatic heterocycles. The molecule has 162 valence electrons. The van der Waals surface area contributed by atoms with Crippen molar-refractivity contribution in [3.63, 3.8) is 0 Å². The van der Waals surface area contributed by atoms with Gasteiger partial charge in [0.25, 0.3) is 10.0 Å². The predicted octanol–water partition coefficient (Wildman–Crippen LogP) is 0.0398. The van der Waals surface area contributed by atoms with Crippen LogP contribution in [0.4, 0.5) is 5.00 Å². The summed E-state index contributed by atoms with van der Waals surface area (Å²) in [7, 11) is -7.72. The van der Waals surface area contributed by atoms with Crippen molar-refractivity contribution < 1.29 is 26.4 Å². The van der Waals surface area contributed by atoms with E-state index >= 15 is 0 Å². The monoisotopic (exact) mass is 472 g/mol. The molecular weight excluding hydrogens is 452 g/mol. The molecule has 1 amide bonds. The number of carbonyl (C=O) groups excluding carboxylic acids is 2. The fraction of sp³-hybridized carbons (Fsp3) is 0.588. The molecule has 13 heteroatoms. The van der Waals surface area contributed by atoms with E-state index in [0.29, 0.717) is 5.92 Å². The Bertz CT molecular complexity index is 1200. The summed E-state index contributed by atoms with van der Waals surface area (Å²) in [5, 5.41) is 7.52. The molecule has 10 nitrogen and oxygen atoms in total. The van der Waals surface area contributed by atoms with E-state index in [9.17, 15) is 26.4 Å². The molecule has 0 spiro atoms. The van der Waals surface area contributed by atoms with E-state index in [2.05, 4.69) is 19.8 Å². The molecule has 2 aliphatic carbocycles. The van der Waals surface area contributed by atoms with Crippen molar-refractivity contribution in [2.45, 2.75) is 36.7 Å². The Hall–Kier alpha value is -1.83. The lowest BCUT2D eigenvalue weighted by atomic mass is 9.74. The van der Waals surface area contributed by atoms with Gasteiger partial charge in [0.15, 0.2) is 11.7 Å². The predicted molar refractivity (Wildman–Crippen MR) is 109 cm³/mol. The first-order chi connectivity index (χ1) is 14.0. The zero-order chi connectivity index (χ0) is 21.4. The number of nitrogens with zero attached hydrogens (tertiary/aromatic N) is 1. The average Bonchev–Trinajstić information content (AvgIpc) is 3.33. The largest absolute Gasteiger partial charge is 0.351 e. The van der Waals surface area contributed by atoms with Crippen LogP contribution in [0.1, 0.15) is 24.8 Å². The summed E-state index contributed by atoms with van der Waals surface area (Å²) in [6, 6.07) is -0.160. The van der Waals surface area contributed by atoms with E-state index in [1.165, 1.54) is 5.38 Å². The van der Waals surface area contributed by atoms with Crippen LogP contribution in [0.15, 0.2) is 14.7 Å². The first kappa shape index (κ1) is 20.1. The van der Waals surface area contributed by atoms with Gasteiger partial charge in [0, 0.05) is 24.1 Å². The molecule has 2 bridgehead atoms. The van der Waals surface area contributed by atoms with Crippen molar-refractivity contribution >= 4 is 53.9 Å². The standard InChI is InChI=1S/C17H20N4O6S3/c1-29(24,25)18-5-9-6-28-17-14(9)30(26,27)21-15(20-17)11-13(22)10-7-2-3-8(4-7)12(10)19-16(11)23/h6-8,10-12,18H,2-5H2,1H3,(H,19,23)(H,20,21). The van der Waals surface area contributed by atoms with E-state index in [1.807, 2.05) is 0 Å². The fourth-order valence-corrected chi connectivity index (χ4v) is 8.32. The van der Waals surface area contributed by atoms with E-state index < -0.39 is 31.9 Å². The highest BCUT2D eigenvalue weighted by Crippen LogP contribution is 2.51. The molecule has 3 heterocycles. The molecule has 2 aliphatic heterocycles. The Morgan fingerprint density at radius 3 is 2.73 bits per heavy atom. The summed E-state index contributed by atoms with van der Waals surface area (Å²) in [6.07, 6.45) is 3.84. The number of carbonyl (C=O) groups is 2. The van der Waals surface area contributed by atoms with Gasteiger partial charge < -0.3 is 10.6 Å². The molecule has 30 heavy (non-hydrogen) atoms. The number of piperidine rings is 1. The summed E-state index contributed by atoms with van der Waals surface area (Å²) < 4.78 is 54.4. The second-order valence-electron chi connectivity index (χ2n) is 8.32. The molecule has 1 aromatic rings. The zero-order valence-electron chi connectivity index (χ0n) is 15.9. The van der Waals surface area contributed by atoms with Crippen molar-refractivity contribution in [1.29, 1.82) is 0 Å². The van der Waals surface area contributed by atoms with Crippen molar-refractivity contribution in [3.8, 4) is 0 Å². The van der Waals surface area contributed by atoms with Crippen molar-refractivity contribution in [1.82, 2.24) is 10.0 Å². The summed E-state index contributed by atoms with van der Waals surface area (Å²) in [5.41, 5.74) is 0.253. The van der Waals surface area contributed by atoms with Crippen LogP contribution >= 0.6 is 11.3 Å². The second kappa shape index (κ2) is 6.58. The van der Waals surface area contributed by atoms with Crippen LogP contribution in [-0.2, 0) is 36.2 Å². The lowest BCUT2D eigenvalue weighted by molar-refractivity contribution is -0.140. The number of hydrogen-bond acceptors (Lipinski definition) is 8. The van der Waals surface area contributed by atoms with Crippen molar-refractivity contribution in [2.75, 3.05) is 11.6 Å². The molecule has 5 unspecified atom stereocenters. The number of sulfonamides is 2. The maximum absolute atomic E-state index is 13.2. The second-order valence-corrected chi connectivity index (χ2v) is 12.6. The molecule has 1 saturated heterocycles. The minimum absolute atomic E-state index is 0.131. The van der Waals surface area contributed by atoms with E-state index in [1.54, 1.807) is 0 Å². The Morgan fingerprint density at radius 2 is 2.00 bits per heavy atom. The number of ketones is 1. The number of thiophene rings is 1. The number of amides is 1. The van der Waals surface area contributed by atoms with E-state index in [0.717, 1.165) is 36.9 Å². The topological polar surface area (TPSA) is 151 Å². The maximum atomic E-state index is 13.2. The van der Waals surface area contributed by atoms with Gasteiger partial charge in [-0.25, -0.2) is 13.1 Å². The molecule has 0 aromatic carbocycles. The molecule has 3 N–H and O–H groups in total. The van der Waals surface area contributed by atoms with Gasteiger partial charge in [-0.3, -0.25) is 9.59 Å². The van der Waals surface area contributed by atoms with E-state index in [-0.39, 0.29) is 51.5 Å². The Balaban J connectivity index is 1.46. The van der Waals surface area contributed by atoms with Crippen LogP contribution in [0.5, 0.6) is 0 Å². The summed E-state index contributed by atoms with van der Waals surface area (Å²) in [6.45, 7) is -0.202. The molecule has 5 rings (SSSR count). The van der Waals surface area contributed by atoms with Gasteiger partial charge in [-0.2, -0.15) is 8.42 Å². The Labute approximate surface area is 177 Å².